The summed E-state index contributed by atoms with van der Waals surface area (Å²) in [6.07, 6.45) is 0.362. The maximum atomic E-state index is 11.5. The number of rotatable bonds is 3. The molecule has 0 saturated heterocycles. The second-order valence-electron chi connectivity index (χ2n) is 3.23. The van der Waals surface area contributed by atoms with Crippen LogP contribution in [0.25, 0.3) is 0 Å². The number of Topliss-reactive ketones (excluding diaryl/α,β-unsaturated/α-hetero) is 1. The Bertz CT molecular complexity index is 313. The number of aryl methyl sites for hydroxylation is 2. The molecule has 0 amide bonds. The van der Waals surface area contributed by atoms with Gasteiger partial charge in [-0.1, -0.05) is 0 Å². The smallest absolute Gasteiger partial charge is 0.167 e. The maximum absolute atomic E-state index is 11.5. The summed E-state index contributed by atoms with van der Waals surface area (Å²) in [7, 11) is 0. The normalized spacial score (nSPS) is 12.9. The third-order valence-corrected chi connectivity index (χ3v) is 1.96. The van der Waals surface area contributed by atoms with E-state index in [-0.39, 0.29) is 11.2 Å². The summed E-state index contributed by atoms with van der Waals surface area (Å²) in [6.45, 7) is 5.43. The molecule has 0 spiro atoms. The van der Waals surface area contributed by atoms with Gasteiger partial charge in [-0.2, -0.15) is 0 Å². The Morgan fingerprint density at radius 1 is 1.62 bits per heavy atom. The van der Waals surface area contributed by atoms with Crippen molar-refractivity contribution in [1.82, 2.24) is 0 Å². The molecule has 0 aromatic carbocycles. The van der Waals surface area contributed by atoms with Crippen molar-refractivity contribution in [2.75, 3.05) is 0 Å². The third kappa shape index (κ3) is 2.59. The van der Waals surface area contributed by atoms with Crippen molar-refractivity contribution in [3.8, 4) is 0 Å². The van der Waals surface area contributed by atoms with Gasteiger partial charge >= 0.3 is 0 Å². The highest BCUT2D eigenvalue weighted by atomic mass is 35.5. The number of furan rings is 1. The molecule has 3 heteroatoms. The fourth-order valence-corrected chi connectivity index (χ4v) is 1.41. The average Bonchev–Trinajstić information content (AvgIpc) is 2.28. The quantitative estimate of drug-likeness (QED) is 0.555. The maximum Gasteiger partial charge on any atom is 0.167 e. The summed E-state index contributed by atoms with van der Waals surface area (Å²) in [4.78, 5) is 11.5. The van der Waals surface area contributed by atoms with Gasteiger partial charge in [-0.25, -0.2) is 0 Å². The van der Waals surface area contributed by atoms with Crippen LogP contribution in [-0.2, 0) is 0 Å². The average molecular weight is 201 g/mol. The van der Waals surface area contributed by atoms with Crippen LogP contribution in [0, 0.1) is 13.8 Å². The summed E-state index contributed by atoms with van der Waals surface area (Å²) < 4.78 is 5.25. The van der Waals surface area contributed by atoms with Gasteiger partial charge in [0.1, 0.15) is 11.5 Å². The number of alkyl halides is 1. The number of ketones is 1. The van der Waals surface area contributed by atoms with Crippen molar-refractivity contribution in [1.29, 1.82) is 0 Å². The van der Waals surface area contributed by atoms with E-state index in [9.17, 15) is 4.79 Å². The van der Waals surface area contributed by atoms with Crippen molar-refractivity contribution < 1.29 is 9.21 Å². The molecule has 1 unspecified atom stereocenters. The highest BCUT2D eigenvalue weighted by Crippen LogP contribution is 2.17. The number of carbonyl (C=O) groups is 1. The number of hydrogen-bond acceptors (Lipinski definition) is 2. The van der Waals surface area contributed by atoms with Gasteiger partial charge in [0.05, 0.1) is 5.56 Å². The molecule has 0 aliphatic rings. The molecule has 1 atom stereocenters. The van der Waals surface area contributed by atoms with Crippen LogP contribution in [0.3, 0.4) is 0 Å². The van der Waals surface area contributed by atoms with Gasteiger partial charge in [-0.05, 0) is 26.8 Å². The largest absolute Gasteiger partial charge is 0.466 e. The van der Waals surface area contributed by atoms with E-state index in [1.807, 2.05) is 13.8 Å². The second kappa shape index (κ2) is 3.97. The first kappa shape index (κ1) is 10.3. The molecule has 1 aromatic rings. The van der Waals surface area contributed by atoms with Crippen LogP contribution in [0.4, 0.5) is 0 Å². The molecule has 0 saturated carbocycles. The Labute approximate surface area is 82.9 Å². The number of carbonyl (C=O) groups excluding carboxylic acids is 1. The Morgan fingerprint density at radius 2 is 2.23 bits per heavy atom. The summed E-state index contributed by atoms with van der Waals surface area (Å²) >= 11 is 5.73. The lowest BCUT2D eigenvalue weighted by Crippen LogP contribution is -2.05. The summed E-state index contributed by atoms with van der Waals surface area (Å²) in [5.74, 6) is 1.50. The topological polar surface area (TPSA) is 30.2 Å². The molecule has 0 aliphatic heterocycles. The molecule has 0 N–H and O–H groups in total. The monoisotopic (exact) mass is 200 g/mol. The van der Waals surface area contributed by atoms with E-state index in [2.05, 4.69) is 0 Å². The van der Waals surface area contributed by atoms with Crippen LogP contribution >= 0.6 is 11.6 Å². The van der Waals surface area contributed by atoms with Crippen LogP contribution in [0.2, 0.25) is 0 Å². The first-order valence-electron chi connectivity index (χ1n) is 4.25. The van der Waals surface area contributed by atoms with E-state index in [1.165, 1.54) is 0 Å². The van der Waals surface area contributed by atoms with Crippen LogP contribution in [0.15, 0.2) is 10.5 Å². The van der Waals surface area contributed by atoms with Crippen molar-refractivity contribution in [3.63, 3.8) is 0 Å². The number of halogens is 1. The highest BCUT2D eigenvalue weighted by Gasteiger charge is 2.14. The fraction of sp³-hybridized carbons (Fsp3) is 0.500. The molecule has 0 bridgehead atoms. The summed E-state index contributed by atoms with van der Waals surface area (Å²) in [5.41, 5.74) is 0.657. The zero-order valence-electron chi connectivity index (χ0n) is 8.06. The minimum Gasteiger partial charge on any atom is -0.466 e. The molecule has 1 heterocycles. The van der Waals surface area contributed by atoms with E-state index in [4.69, 9.17) is 16.0 Å². The predicted molar refractivity (Wildman–Crippen MR) is 52.4 cm³/mol. The van der Waals surface area contributed by atoms with Crippen molar-refractivity contribution >= 4 is 17.4 Å². The molecule has 0 fully saturated rings. The molecular formula is C10H13ClO2. The Hall–Kier alpha value is -0.760. The predicted octanol–water partition coefficient (Wildman–Crippen LogP) is 3.10. The van der Waals surface area contributed by atoms with E-state index in [0.29, 0.717) is 17.7 Å². The van der Waals surface area contributed by atoms with Crippen molar-refractivity contribution in [2.45, 2.75) is 32.6 Å². The Morgan fingerprint density at radius 3 is 2.62 bits per heavy atom. The van der Waals surface area contributed by atoms with E-state index >= 15 is 0 Å². The lowest BCUT2D eigenvalue weighted by atomic mass is 10.1. The Balaban J connectivity index is 2.82. The first-order chi connectivity index (χ1) is 6.00. The molecule has 72 valence electrons. The fourth-order valence-electron chi connectivity index (χ4n) is 1.27. The van der Waals surface area contributed by atoms with E-state index in [0.717, 1.165) is 5.76 Å². The van der Waals surface area contributed by atoms with Crippen LogP contribution < -0.4 is 0 Å². The van der Waals surface area contributed by atoms with Gasteiger partial charge in [0, 0.05) is 11.8 Å². The minimum atomic E-state index is -0.123. The van der Waals surface area contributed by atoms with Crippen LogP contribution in [-0.4, -0.2) is 11.2 Å². The summed E-state index contributed by atoms with van der Waals surface area (Å²) in [6, 6.07) is 1.76. The first-order valence-corrected chi connectivity index (χ1v) is 4.68. The molecule has 2 nitrogen and oxygen atoms in total. The molecular weight excluding hydrogens is 188 g/mol. The molecule has 1 rings (SSSR count). The van der Waals surface area contributed by atoms with Gasteiger partial charge in [0.25, 0.3) is 0 Å². The van der Waals surface area contributed by atoms with Crippen molar-refractivity contribution in [3.05, 3.63) is 23.2 Å². The SMILES string of the molecule is Cc1cc(C(=O)CC(C)Cl)c(C)o1. The van der Waals surface area contributed by atoms with Gasteiger partial charge in [0.2, 0.25) is 0 Å². The van der Waals surface area contributed by atoms with Crippen molar-refractivity contribution in [2.24, 2.45) is 0 Å². The molecule has 13 heavy (non-hydrogen) atoms. The highest BCUT2D eigenvalue weighted by molar-refractivity contribution is 6.22. The molecule has 1 aromatic heterocycles. The number of hydrogen-bond donors (Lipinski definition) is 0. The zero-order chi connectivity index (χ0) is 10.0. The van der Waals surface area contributed by atoms with E-state index in [1.54, 1.807) is 13.0 Å². The third-order valence-electron chi connectivity index (χ3n) is 1.81. The second-order valence-corrected chi connectivity index (χ2v) is 3.98. The van der Waals surface area contributed by atoms with Gasteiger partial charge in [-0.15, -0.1) is 11.6 Å². The molecule has 0 radical (unpaired) electrons. The lowest BCUT2D eigenvalue weighted by Gasteiger charge is -1.99. The van der Waals surface area contributed by atoms with Crippen LogP contribution in [0.5, 0.6) is 0 Å². The summed E-state index contributed by atoms with van der Waals surface area (Å²) in [5, 5.41) is -0.123. The minimum absolute atomic E-state index is 0.0526. The van der Waals surface area contributed by atoms with Gasteiger partial charge in [-0.3, -0.25) is 4.79 Å². The van der Waals surface area contributed by atoms with Gasteiger partial charge in [0.15, 0.2) is 5.78 Å². The lowest BCUT2D eigenvalue weighted by molar-refractivity contribution is 0.0981. The van der Waals surface area contributed by atoms with Crippen LogP contribution in [0.1, 0.15) is 35.2 Å². The Kier molecular flexibility index (Phi) is 3.15. The zero-order valence-corrected chi connectivity index (χ0v) is 8.81. The van der Waals surface area contributed by atoms with E-state index < -0.39 is 0 Å². The van der Waals surface area contributed by atoms with Gasteiger partial charge < -0.3 is 4.42 Å². The standard InChI is InChI=1S/C10H13ClO2/c1-6(11)4-10(12)9-5-7(2)13-8(9)3/h5-6H,4H2,1-3H3. The molecule has 0 aliphatic carbocycles.